The molecule has 2 aromatic carbocycles. The first-order valence-electron chi connectivity index (χ1n) is 18.3. The number of aromatic amines is 1. The minimum absolute atomic E-state index is 0.0678. The van der Waals surface area contributed by atoms with E-state index in [1.807, 2.05) is 10.3 Å². The number of alkyl halides is 6. The van der Waals surface area contributed by atoms with Crippen molar-refractivity contribution >= 4 is 50.7 Å². The molecule has 3 fully saturated rings. The summed E-state index contributed by atoms with van der Waals surface area (Å²) in [6.45, 7) is 2.71. The number of likely N-dealkylation sites (tertiary alicyclic amines) is 1. The molecule has 0 radical (unpaired) electrons. The summed E-state index contributed by atoms with van der Waals surface area (Å²) >= 11 is 1.93. The standard InChI is InChI=1S/C37H36F7N5O7S2/c38-23-14-20(13-21(15-23)17-48-9-6-35(7-10-48)19-49(11-12-54-35)31(50)25-18-57-30(46-25)22-1-2-22)5-8-45-16-27(56-33(52)37(42,43)44)24-3-4-26(55-32(51)36(39,40)41)28-29(24)58-34(53)47-28/h3-4,13-15,18,22,27,45H,1-2,5-12,16-17,19H2,(H,47,53)/t27-/m0/s1. The lowest BCUT2D eigenvalue weighted by Gasteiger charge is -2.47. The average Bonchev–Trinajstić information content (AvgIpc) is 3.75. The molecule has 58 heavy (non-hydrogen) atoms. The number of esters is 2. The lowest BCUT2D eigenvalue weighted by atomic mass is 9.89. The average molecular weight is 860 g/mol. The van der Waals surface area contributed by atoms with Gasteiger partial charge < -0.3 is 29.4 Å². The summed E-state index contributed by atoms with van der Waals surface area (Å²) in [7, 11) is 0. The zero-order valence-electron chi connectivity index (χ0n) is 30.5. The van der Waals surface area contributed by atoms with Crippen LogP contribution in [0.25, 0.3) is 10.2 Å². The van der Waals surface area contributed by atoms with Crippen LogP contribution >= 0.6 is 22.7 Å². The van der Waals surface area contributed by atoms with Crippen molar-refractivity contribution in [2.45, 2.75) is 68.6 Å². The van der Waals surface area contributed by atoms with Crippen molar-refractivity contribution in [3.63, 3.8) is 0 Å². The lowest BCUT2D eigenvalue weighted by Crippen LogP contribution is -2.58. The molecule has 2 saturated heterocycles. The summed E-state index contributed by atoms with van der Waals surface area (Å²) in [5, 5.41) is 5.72. The molecular formula is C37H36F7N5O7S2. The molecule has 2 aliphatic heterocycles. The Hall–Kier alpha value is -4.44. The molecular weight excluding hydrogens is 824 g/mol. The largest absolute Gasteiger partial charge is 0.491 e. The Morgan fingerprint density at radius 3 is 2.45 bits per heavy atom. The van der Waals surface area contributed by atoms with Crippen LogP contribution in [0.1, 0.15) is 69.9 Å². The Labute approximate surface area is 333 Å². The van der Waals surface area contributed by atoms with Crippen LogP contribution in [0.15, 0.2) is 40.5 Å². The van der Waals surface area contributed by atoms with Gasteiger partial charge in [-0.3, -0.25) is 14.5 Å². The summed E-state index contributed by atoms with van der Waals surface area (Å²) < 4.78 is 108. The van der Waals surface area contributed by atoms with Gasteiger partial charge in [-0.2, -0.15) is 26.3 Å². The Bertz CT molecular complexity index is 2230. The number of fused-ring (bicyclic) bond motifs is 1. The van der Waals surface area contributed by atoms with Crippen LogP contribution in [0.3, 0.4) is 0 Å². The molecule has 1 atom stereocenters. The molecule has 312 valence electrons. The summed E-state index contributed by atoms with van der Waals surface area (Å²) in [5.41, 5.74) is 0.663. The third-order valence-corrected chi connectivity index (χ3v) is 12.1. The Morgan fingerprint density at radius 1 is 1.02 bits per heavy atom. The van der Waals surface area contributed by atoms with Crippen LogP contribution < -0.4 is 14.9 Å². The van der Waals surface area contributed by atoms with Gasteiger partial charge in [-0.1, -0.05) is 17.4 Å². The van der Waals surface area contributed by atoms with E-state index in [0.717, 1.165) is 30.0 Å². The highest BCUT2D eigenvalue weighted by atomic mass is 32.1. The van der Waals surface area contributed by atoms with Crippen molar-refractivity contribution in [1.82, 2.24) is 25.1 Å². The number of thiazole rings is 2. The molecule has 2 aromatic heterocycles. The number of hydrogen-bond donors (Lipinski definition) is 2. The molecule has 1 saturated carbocycles. The highest BCUT2D eigenvalue weighted by Gasteiger charge is 2.44. The second kappa shape index (κ2) is 16.7. The third-order valence-electron chi connectivity index (χ3n) is 10.1. The van der Waals surface area contributed by atoms with Crippen LogP contribution in [0.4, 0.5) is 30.7 Å². The molecule has 0 unspecified atom stereocenters. The van der Waals surface area contributed by atoms with Gasteiger partial charge in [-0.05, 0) is 74.0 Å². The van der Waals surface area contributed by atoms with E-state index in [1.54, 1.807) is 6.07 Å². The minimum Gasteiger partial charge on any atom is -0.449 e. The van der Waals surface area contributed by atoms with Gasteiger partial charge in [0.15, 0.2) is 5.75 Å². The number of benzene rings is 2. The lowest BCUT2D eigenvalue weighted by molar-refractivity contribution is -0.205. The number of H-pyrrole nitrogens is 1. The first-order valence-corrected chi connectivity index (χ1v) is 20.0. The maximum atomic E-state index is 14.8. The SMILES string of the molecule is O=C(c1csc(C2CC2)n1)N1CCOC2(CCN(Cc3cc(F)cc(CCNC[C@H](OC(=O)C(F)(F)F)c4ccc(OC(=O)C(F)(F)F)c5[nH]c(=O)sc45)c3)CC2)C1. The van der Waals surface area contributed by atoms with Crippen LogP contribution in [0.2, 0.25) is 0 Å². The van der Waals surface area contributed by atoms with Gasteiger partial charge in [0.1, 0.15) is 23.1 Å². The molecule has 2 N–H and O–H groups in total. The molecule has 1 amide bonds. The molecule has 1 aliphatic carbocycles. The number of carbonyl (C=O) groups is 3. The first kappa shape index (κ1) is 41.7. The van der Waals surface area contributed by atoms with Crippen LogP contribution in [-0.2, 0) is 32.0 Å². The maximum absolute atomic E-state index is 14.8. The highest BCUT2D eigenvalue weighted by Crippen LogP contribution is 2.42. The molecule has 7 rings (SSSR count). The number of aromatic nitrogens is 2. The normalized spacial score (nSPS) is 18.1. The van der Waals surface area contributed by atoms with E-state index in [1.165, 1.54) is 23.5 Å². The maximum Gasteiger partial charge on any atom is 0.491 e. The molecule has 3 aliphatic rings. The Kier molecular flexibility index (Phi) is 12.0. The predicted molar refractivity (Wildman–Crippen MR) is 195 cm³/mol. The second-order valence-electron chi connectivity index (χ2n) is 14.5. The number of carbonyl (C=O) groups excluding carboxylic acids is 3. The zero-order valence-corrected chi connectivity index (χ0v) is 32.1. The van der Waals surface area contributed by atoms with E-state index in [-0.39, 0.29) is 29.1 Å². The van der Waals surface area contributed by atoms with E-state index >= 15 is 0 Å². The second-order valence-corrected chi connectivity index (χ2v) is 16.3. The summed E-state index contributed by atoms with van der Waals surface area (Å²) in [5.74, 6) is -5.97. The van der Waals surface area contributed by atoms with E-state index in [0.29, 0.717) is 86.2 Å². The summed E-state index contributed by atoms with van der Waals surface area (Å²) in [4.78, 5) is 58.8. The number of amides is 1. The van der Waals surface area contributed by atoms with Gasteiger partial charge in [-0.15, -0.1) is 11.3 Å². The first-order chi connectivity index (χ1) is 27.5. The van der Waals surface area contributed by atoms with Crippen molar-refractivity contribution in [2.75, 3.05) is 45.9 Å². The monoisotopic (exact) mass is 859 g/mol. The van der Waals surface area contributed by atoms with Crippen molar-refractivity contribution in [2.24, 2.45) is 0 Å². The number of nitrogens with one attached hydrogen (secondary N) is 2. The number of halogens is 7. The zero-order chi connectivity index (χ0) is 41.4. The van der Waals surface area contributed by atoms with Gasteiger partial charge in [0.25, 0.3) is 5.91 Å². The number of ether oxygens (including phenoxy) is 3. The minimum atomic E-state index is -5.40. The van der Waals surface area contributed by atoms with Crippen molar-refractivity contribution in [1.29, 1.82) is 0 Å². The quantitative estimate of drug-likeness (QED) is 0.0753. The van der Waals surface area contributed by atoms with Gasteiger partial charge in [0, 0.05) is 49.6 Å². The van der Waals surface area contributed by atoms with E-state index in [2.05, 4.69) is 24.9 Å². The Balaban J connectivity index is 0.956. The predicted octanol–water partition coefficient (Wildman–Crippen LogP) is 6.02. The topological polar surface area (TPSA) is 143 Å². The number of piperidine rings is 1. The van der Waals surface area contributed by atoms with Crippen LogP contribution in [0, 0.1) is 5.82 Å². The smallest absolute Gasteiger partial charge is 0.449 e. The molecule has 0 bridgehead atoms. The van der Waals surface area contributed by atoms with Crippen LogP contribution in [-0.4, -0.2) is 101 Å². The summed E-state index contributed by atoms with van der Waals surface area (Å²) in [6.07, 6.45) is -8.73. The van der Waals surface area contributed by atoms with E-state index in [4.69, 9.17) is 9.47 Å². The number of nitrogens with zero attached hydrogens (tertiary/aromatic N) is 3. The van der Waals surface area contributed by atoms with Gasteiger partial charge in [0.05, 0.1) is 28.5 Å². The van der Waals surface area contributed by atoms with E-state index in [9.17, 15) is 49.9 Å². The highest BCUT2D eigenvalue weighted by molar-refractivity contribution is 7.16. The molecule has 21 heteroatoms. The van der Waals surface area contributed by atoms with Crippen molar-refractivity contribution < 1.29 is 59.3 Å². The molecule has 4 heterocycles. The number of hydrogen-bond acceptors (Lipinski definition) is 12. The third kappa shape index (κ3) is 9.87. The van der Waals surface area contributed by atoms with Gasteiger partial charge >= 0.3 is 29.2 Å². The van der Waals surface area contributed by atoms with Gasteiger partial charge in [-0.25, -0.2) is 19.0 Å². The van der Waals surface area contributed by atoms with Crippen LogP contribution in [0.5, 0.6) is 5.75 Å². The van der Waals surface area contributed by atoms with Gasteiger partial charge in [0.2, 0.25) is 0 Å². The molecule has 1 spiro atoms. The van der Waals surface area contributed by atoms with Crippen molar-refractivity contribution in [3.05, 3.63) is 78.6 Å². The fraction of sp³-hybridized carbons (Fsp3) is 0.486. The molecule has 4 aromatic rings. The van der Waals surface area contributed by atoms with Crippen molar-refractivity contribution in [3.8, 4) is 5.75 Å². The number of rotatable bonds is 12. The fourth-order valence-electron chi connectivity index (χ4n) is 7.12. The summed E-state index contributed by atoms with van der Waals surface area (Å²) in [6, 6.07) is 6.36. The van der Waals surface area contributed by atoms with E-state index < -0.39 is 64.5 Å². The Morgan fingerprint density at radius 2 is 1.74 bits per heavy atom. The fourth-order valence-corrected chi connectivity index (χ4v) is 8.99. The number of morpholine rings is 1. The molecule has 12 nitrogen and oxygen atoms in total.